The van der Waals surface area contributed by atoms with Crippen LogP contribution in [0.3, 0.4) is 0 Å². The van der Waals surface area contributed by atoms with Crippen LogP contribution in [0.4, 0.5) is 0 Å². The van der Waals surface area contributed by atoms with Crippen LogP contribution >= 0.6 is 0 Å². The van der Waals surface area contributed by atoms with E-state index < -0.39 is 10.0 Å². The molecule has 0 aromatic heterocycles. The van der Waals surface area contributed by atoms with E-state index in [1.807, 2.05) is 6.92 Å². The van der Waals surface area contributed by atoms with Gasteiger partial charge < -0.3 is 14.8 Å². The molecule has 0 fully saturated rings. The third-order valence-corrected chi connectivity index (χ3v) is 3.82. The van der Waals surface area contributed by atoms with E-state index in [4.69, 9.17) is 9.47 Å². The van der Waals surface area contributed by atoms with Crippen molar-refractivity contribution in [3.8, 4) is 0 Å². The van der Waals surface area contributed by atoms with Crippen LogP contribution in [0, 0.1) is 0 Å². The third-order valence-electron chi connectivity index (χ3n) is 2.44. The molecule has 0 amide bonds. The predicted octanol–water partition coefficient (Wildman–Crippen LogP) is -0.0894. The van der Waals surface area contributed by atoms with Gasteiger partial charge in [0.25, 0.3) is 0 Å². The molecule has 6 nitrogen and oxygen atoms in total. The van der Waals surface area contributed by atoms with Crippen LogP contribution < -0.4 is 5.32 Å². The summed E-state index contributed by atoms with van der Waals surface area (Å²) in [6.07, 6.45) is 2.05. The number of methoxy groups -OCH3 is 1. The molecule has 7 heteroatoms. The predicted molar refractivity (Wildman–Crippen MR) is 72.3 cm³/mol. The second-order valence-corrected chi connectivity index (χ2v) is 5.95. The van der Waals surface area contributed by atoms with E-state index in [0.717, 1.165) is 19.5 Å². The number of hydrogen-bond donors (Lipinski definition) is 1. The molecule has 0 atom stereocenters. The lowest BCUT2D eigenvalue weighted by Gasteiger charge is -2.17. The first-order valence-corrected chi connectivity index (χ1v) is 8.09. The summed E-state index contributed by atoms with van der Waals surface area (Å²) in [6.45, 7) is 6.36. The van der Waals surface area contributed by atoms with E-state index >= 15 is 0 Å². The van der Waals surface area contributed by atoms with E-state index in [1.165, 1.54) is 10.6 Å². The molecule has 0 saturated heterocycles. The zero-order chi connectivity index (χ0) is 13.9. The summed E-state index contributed by atoms with van der Waals surface area (Å²) in [5.41, 5.74) is 0. The van der Waals surface area contributed by atoms with Gasteiger partial charge in [0.2, 0.25) is 10.0 Å². The molecule has 0 aliphatic rings. The van der Waals surface area contributed by atoms with Crippen LogP contribution in [-0.2, 0) is 19.5 Å². The molecule has 1 N–H and O–H groups in total. The number of ether oxygens (including phenoxy) is 2. The molecular weight excluding hydrogens is 256 g/mol. The average molecular weight is 282 g/mol. The topological polar surface area (TPSA) is 67.9 Å². The SMILES string of the molecule is CCN(CCCNCCOCCOC)S(C)(=O)=O. The van der Waals surface area contributed by atoms with Crippen molar-refractivity contribution in [1.82, 2.24) is 9.62 Å². The number of rotatable bonds is 12. The van der Waals surface area contributed by atoms with Gasteiger partial charge in [-0.3, -0.25) is 0 Å². The first kappa shape index (κ1) is 17.8. The Morgan fingerprint density at radius 1 is 1.17 bits per heavy atom. The van der Waals surface area contributed by atoms with E-state index in [0.29, 0.717) is 32.9 Å². The molecule has 0 aliphatic carbocycles. The highest BCUT2D eigenvalue weighted by molar-refractivity contribution is 7.88. The van der Waals surface area contributed by atoms with Crippen molar-refractivity contribution in [3.63, 3.8) is 0 Å². The van der Waals surface area contributed by atoms with Crippen LogP contribution in [0.5, 0.6) is 0 Å². The lowest BCUT2D eigenvalue weighted by molar-refractivity contribution is 0.0720. The molecule has 0 bridgehead atoms. The van der Waals surface area contributed by atoms with Crippen molar-refractivity contribution >= 4 is 10.0 Å². The molecule has 0 spiro atoms. The van der Waals surface area contributed by atoms with Crippen LogP contribution in [0.15, 0.2) is 0 Å². The number of nitrogens with one attached hydrogen (secondary N) is 1. The Labute approximate surface area is 111 Å². The highest BCUT2D eigenvalue weighted by atomic mass is 32.2. The molecule has 0 heterocycles. The molecular formula is C11H26N2O4S. The van der Waals surface area contributed by atoms with Crippen molar-refractivity contribution in [2.45, 2.75) is 13.3 Å². The van der Waals surface area contributed by atoms with Crippen molar-refractivity contribution in [3.05, 3.63) is 0 Å². The zero-order valence-electron chi connectivity index (χ0n) is 11.6. The van der Waals surface area contributed by atoms with E-state index in [1.54, 1.807) is 7.11 Å². The molecule has 0 saturated carbocycles. The normalized spacial score (nSPS) is 12.2. The fraction of sp³-hybridized carbons (Fsp3) is 1.00. The lowest BCUT2D eigenvalue weighted by atomic mass is 10.4. The first-order chi connectivity index (χ1) is 8.52. The summed E-state index contributed by atoms with van der Waals surface area (Å²) in [7, 11) is -1.41. The van der Waals surface area contributed by atoms with Gasteiger partial charge in [0.1, 0.15) is 0 Å². The second-order valence-electron chi connectivity index (χ2n) is 3.96. The highest BCUT2D eigenvalue weighted by Gasteiger charge is 2.12. The van der Waals surface area contributed by atoms with Gasteiger partial charge in [0.05, 0.1) is 26.1 Å². The molecule has 0 rings (SSSR count). The standard InChI is InChI=1S/C11H26N2O4S/c1-4-13(18(3,14)15)8-5-6-12-7-9-17-11-10-16-2/h12H,4-11H2,1-3H3. The minimum Gasteiger partial charge on any atom is -0.382 e. The number of nitrogens with zero attached hydrogens (tertiary/aromatic N) is 1. The fourth-order valence-electron chi connectivity index (χ4n) is 1.45. The van der Waals surface area contributed by atoms with Gasteiger partial charge in [-0.05, 0) is 13.0 Å². The van der Waals surface area contributed by atoms with E-state index in [2.05, 4.69) is 5.32 Å². The van der Waals surface area contributed by atoms with Gasteiger partial charge in [-0.2, -0.15) is 0 Å². The van der Waals surface area contributed by atoms with Crippen LogP contribution in [0.1, 0.15) is 13.3 Å². The Bertz CT molecular complexity index is 283. The average Bonchev–Trinajstić information content (AvgIpc) is 2.30. The molecule has 0 aliphatic heterocycles. The van der Waals surface area contributed by atoms with Crippen molar-refractivity contribution in [1.29, 1.82) is 0 Å². The first-order valence-electron chi connectivity index (χ1n) is 6.25. The molecule has 0 radical (unpaired) electrons. The molecule has 0 unspecified atom stereocenters. The summed E-state index contributed by atoms with van der Waals surface area (Å²) >= 11 is 0. The maximum Gasteiger partial charge on any atom is 0.211 e. The molecule has 0 aromatic rings. The van der Waals surface area contributed by atoms with Crippen molar-refractivity contribution in [2.75, 3.05) is 59.4 Å². The third kappa shape index (κ3) is 9.78. The van der Waals surface area contributed by atoms with Gasteiger partial charge >= 0.3 is 0 Å². The summed E-state index contributed by atoms with van der Waals surface area (Å²) in [5.74, 6) is 0. The van der Waals surface area contributed by atoms with Gasteiger partial charge in [-0.15, -0.1) is 0 Å². The zero-order valence-corrected chi connectivity index (χ0v) is 12.5. The Morgan fingerprint density at radius 3 is 2.44 bits per heavy atom. The van der Waals surface area contributed by atoms with Gasteiger partial charge in [-0.25, -0.2) is 12.7 Å². The monoisotopic (exact) mass is 282 g/mol. The highest BCUT2D eigenvalue weighted by Crippen LogP contribution is 1.97. The quantitative estimate of drug-likeness (QED) is 0.507. The largest absolute Gasteiger partial charge is 0.382 e. The number of sulfonamides is 1. The summed E-state index contributed by atoms with van der Waals surface area (Å²) < 4.78 is 34.2. The summed E-state index contributed by atoms with van der Waals surface area (Å²) in [6, 6.07) is 0. The van der Waals surface area contributed by atoms with Crippen LogP contribution in [0.25, 0.3) is 0 Å². The van der Waals surface area contributed by atoms with E-state index in [9.17, 15) is 8.42 Å². The second kappa shape index (κ2) is 10.7. The molecule has 110 valence electrons. The fourth-order valence-corrected chi connectivity index (χ4v) is 2.38. The Balaban J connectivity index is 3.39. The van der Waals surface area contributed by atoms with Crippen LogP contribution in [-0.4, -0.2) is 72.1 Å². The number of hydrogen-bond acceptors (Lipinski definition) is 5. The Morgan fingerprint density at radius 2 is 1.89 bits per heavy atom. The minimum atomic E-state index is -3.06. The van der Waals surface area contributed by atoms with Gasteiger partial charge in [0.15, 0.2) is 0 Å². The minimum absolute atomic E-state index is 0.527. The lowest BCUT2D eigenvalue weighted by Crippen LogP contribution is -2.32. The molecule has 0 aromatic carbocycles. The maximum absolute atomic E-state index is 11.3. The molecule has 18 heavy (non-hydrogen) atoms. The Hall–Kier alpha value is -0.210. The van der Waals surface area contributed by atoms with Gasteiger partial charge in [-0.1, -0.05) is 6.92 Å². The maximum atomic E-state index is 11.3. The van der Waals surface area contributed by atoms with Crippen molar-refractivity contribution < 1.29 is 17.9 Å². The smallest absolute Gasteiger partial charge is 0.211 e. The van der Waals surface area contributed by atoms with Crippen LogP contribution in [0.2, 0.25) is 0 Å². The van der Waals surface area contributed by atoms with Crippen molar-refractivity contribution in [2.24, 2.45) is 0 Å². The van der Waals surface area contributed by atoms with E-state index in [-0.39, 0.29) is 0 Å². The Kier molecular flexibility index (Phi) is 10.6. The summed E-state index contributed by atoms with van der Waals surface area (Å²) in [5, 5.41) is 3.21. The van der Waals surface area contributed by atoms with Gasteiger partial charge in [0, 0.05) is 26.7 Å². The summed E-state index contributed by atoms with van der Waals surface area (Å²) in [4.78, 5) is 0.